The molecule has 1 N–H and O–H groups in total. The lowest BCUT2D eigenvalue weighted by Gasteiger charge is -2.35. The molecule has 2 aromatic heterocycles. The SMILES string of the molecule is CC(C)(C)n1cncc1[C@H]1CCCN(C(=O)NCc2nccs2)C1. The molecule has 0 aromatic carbocycles. The Hall–Kier alpha value is -1.89. The number of hydrogen-bond acceptors (Lipinski definition) is 4. The van der Waals surface area contributed by atoms with Gasteiger partial charge >= 0.3 is 6.03 Å². The van der Waals surface area contributed by atoms with Crippen LogP contribution in [0.1, 0.15) is 50.2 Å². The van der Waals surface area contributed by atoms with E-state index in [2.05, 4.69) is 40.6 Å². The summed E-state index contributed by atoms with van der Waals surface area (Å²) in [5, 5.41) is 5.83. The number of hydrogen-bond donors (Lipinski definition) is 1. The summed E-state index contributed by atoms with van der Waals surface area (Å²) in [4.78, 5) is 22.9. The highest BCUT2D eigenvalue weighted by Gasteiger charge is 2.28. The molecule has 7 heteroatoms. The van der Waals surface area contributed by atoms with E-state index in [9.17, 15) is 4.79 Å². The molecule has 1 fully saturated rings. The Bertz CT molecular complexity index is 673. The third kappa shape index (κ3) is 3.77. The number of thiazole rings is 1. The maximum absolute atomic E-state index is 12.5. The number of imidazole rings is 1. The summed E-state index contributed by atoms with van der Waals surface area (Å²) in [6.07, 6.45) is 7.73. The number of nitrogens with zero attached hydrogens (tertiary/aromatic N) is 4. The third-order valence-corrected chi connectivity index (χ3v) is 5.17. The van der Waals surface area contributed by atoms with Gasteiger partial charge in [-0.3, -0.25) is 0 Å². The number of aromatic nitrogens is 3. The number of nitrogens with one attached hydrogen (secondary N) is 1. The van der Waals surface area contributed by atoms with Gasteiger partial charge in [-0.25, -0.2) is 14.8 Å². The van der Waals surface area contributed by atoms with Gasteiger partial charge in [-0.05, 0) is 33.6 Å². The second kappa shape index (κ2) is 6.93. The van der Waals surface area contributed by atoms with E-state index in [1.807, 2.05) is 22.8 Å². The Kier molecular flexibility index (Phi) is 4.89. The standard InChI is InChI=1S/C17H25N5OS/c1-17(2,3)22-12-18-9-14(22)13-5-4-7-21(11-13)16(23)20-10-15-19-6-8-24-15/h6,8-9,12-13H,4-5,7,10-11H2,1-3H3,(H,20,23)/t13-/m0/s1. The number of carbonyl (C=O) groups is 1. The van der Waals surface area contributed by atoms with Crippen molar-refractivity contribution in [2.24, 2.45) is 0 Å². The Morgan fingerprint density at radius 3 is 3.00 bits per heavy atom. The lowest BCUT2D eigenvalue weighted by Crippen LogP contribution is -2.45. The van der Waals surface area contributed by atoms with E-state index in [0.717, 1.165) is 30.9 Å². The van der Waals surface area contributed by atoms with E-state index in [1.165, 1.54) is 5.69 Å². The van der Waals surface area contributed by atoms with E-state index in [-0.39, 0.29) is 11.6 Å². The maximum atomic E-state index is 12.5. The smallest absolute Gasteiger partial charge is 0.317 e. The zero-order chi connectivity index (χ0) is 17.2. The van der Waals surface area contributed by atoms with Crippen LogP contribution in [-0.4, -0.2) is 38.6 Å². The average Bonchev–Trinajstić information content (AvgIpc) is 3.23. The molecule has 1 aliphatic rings. The van der Waals surface area contributed by atoms with Crippen molar-refractivity contribution < 1.29 is 4.79 Å². The lowest BCUT2D eigenvalue weighted by molar-refractivity contribution is 0.177. The molecule has 2 amide bonds. The van der Waals surface area contributed by atoms with Gasteiger partial charge in [-0.2, -0.15) is 0 Å². The maximum Gasteiger partial charge on any atom is 0.317 e. The molecule has 1 atom stereocenters. The van der Waals surface area contributed by atoms with Crippen LogP contribution < -0.4 is 5.32 Å². The monoisotopic (exact) mass is 347 g/mol. The van der Waals surface area contributed by atoms with Gasteiger partial charge < -0.3 is 14.8 Å². The van der Waals surface area contributed by atoms with Gasteiger partial charge in [0.15, 0.2) is 0 Å². The van der Waals surface area contributed by atoms with Crippen LogP contribution in [0, 0.1) is 0 Å². The van der Waals surface area contributed by atoms with Crippen LogP contribution in [0.25, 0.3) is 0 Å². The molecule has 1 aliphatic heterocycles. The van der Waals surface area contributed by atoms with Crippen LogP contribution >= 0.6 is 11.3 Å². The molecule has 0 unspecified atom stereocenters. The summed E-state index contributed by atoms with van der Waals surface area (Å²) < 4.78 is 2.23. The lowest BCUT2D eigenvalue weighted by atomic mass is 9.94. The highest BCUT2D eigenvalue weighted by Crippen LogP contribution is 2.30. The van der Waals surface area contributed by atoms with E-state index in [0.29, 0.717) is 12.5 Å². The van der Waals surface area contributed by atoms with E-state index in [1.54, 1.807) is 17.5 Å². The Morgan fingerprint density at radius 1 is 1.46 bits per heavy atom. The minimum atomic E-state index is -0.00303. The summed E-state index contributed by atoms with van der Waals surface area (Å²) in [7, 11) is 0. The van der Waals surface area contributed by atoms with Crippen molar-refractivity contribution in [2.45, 2.75) is 51.6 Å². The summed E-state index contributed by atoms with van der Waals surface area (Å²) >= 11 is 1.56. The molecule has 3 rings (SSSR count). The molecule has 0 spiro atoms. The first kappa shape index (κ1) is 17.0. The van der Waals surface area contributed by atoms with Crippen molar-refractivity contribution in [3.05, 3.63) is 34.8 Å². The van der Waals surface area contributed by atoms with Gasteiger partial charge in [-0.15, -0.1) is 11.3 Å². The minimum absolute atomic E-state index is 0.00120. The average molecular weight is 347 g/mol. The van der Waals surface area contributed by atoms with Crippen molar-refractivity contribution in [3.63, 3.8) is 0 Å². The predicted molar refractivity (Wildman–Crippen MR) is 95.1 cm³/mol. The highest BCUT2D eigenvalue weighted by atomic mass is 32.1. The van der Waals surface area contributed by atoms with Gasteiger partial charge in [0.1, 0.15) is 5.01 Å². The van der Waals surface area contributed by atoms with Gasteiger partial charge in [0.2, 0.25) is 0 Å². The quantitative estimate of drug-likeness (QED) is 0.927. The van der Waals surface area contributed by atoms with Crippen LogP contribution in [-0.2, 0) is 12.1 Å². The van der Waals surface area contributed by atoms with Crippen molar-refractivity contribution in [1.29, 1.82) is 0 Å². The summed E-state index contributed by atoms with van der Waals surface area (Å²) in [6.45, 7) is 8.59. The normalized spacial score (nSPS) is 18.6. The van der Waals surface area contributed by atoms with Gasteiger partial charge in [0.05, 0.1) is 12.9 Å². The van der Waals surface area contributed by atoms with Gasteiger partial charge in [0.25, 0.3) is 0 Å². The first-order valence-corrected chi connectivity index (χ1v) is 9.27. The zero-order valence-corrected chi connectivity index (χ0v) is 15.3. The van der Waals surface area contributed by atoms with E-state index in [4.69, 9.17) is 0 Å². The van der Waals surface area contributed by atoms with Crippen LogP contribution in [0.15, 0.2) is 24.1 Å². The number of urea groups is 1. The van der Waals surface area contributed by atoms with E-state index >= 15 is 0 Å². The van der Waals surface area contributed by atoms with Crippen molar-refractivity contribution in [1.82, 2.24) is 24.8 Å². The Labute approximate surface area is 146 Å². The minimum Gasteiger partial charge on any atom is -0.331 e. The number of carbonyl (C=O) groups excluding carboxylic acids is 1. The molecule has 2 aromatic rings. The van der Waals surface area contributed by atoms with Crippen LogP contribution in [0.4, 0.5) is 4.79 Å². The van der Waals surface area contributed by atoms with Crippen LogP contribution in [0.3, 0.4) is 0 Å². The molecule has 0 radical (unpaired) electrons. The first-order chi connectivity index (χ1) is 11.4. The number of likely N-dealkylation sites (tertiary alicyclic amines) is 1. The third-order valence-electron chi connectivity index (χ3n) is 4.39. The predicted octanol–water partition coefficient (Wildman–Crippen LogP) is 3.18. The topological polar surface area (TPSA) is 63.1 Å². The number of piperidine rings is 1. The molecule has 0 bridgehead atoms. The summed E-state index contributed by atoms with van der Waals surface area (Å²) in [5.74, 6) is 0.339. The summed E-state index contributed by atoms with van der Waals surface area (Å²) in [6, 6.07) is -0.00303. The van der Waals surface area contributed by atoms with Crippen molar-refractivity contribution in [3.8, 4) is 0 Å². The molecule has 6 nitrogen and oxygen atoms in total. The van der Waals surface area contributed by atoms with Gasteiger partial charge in [0, 0.05) is 48.0 Å². The fraction of sp³-hybridized carbons (Fsp3) is 0.588. The van der Waals surface area contributed by atoms with Crippen molar-refractivity contribution in [2.75, 3.05) is 13.1 Å². The molecule has 0 aliphatic carbocycles. The molecule has 1 saturated heterocycles. The molecule has 3 heterocycles. The van der Waals surface area contributed by atoms with Crippen molar-refractivity contribution >= 4 is 17.4 Å². The van der Waals surface area contributed by atoms with E-state index < -0.39 is 0 Å². The fourth-order valence-corrected chi connectivity index (χ4v) is 3.73. The Morgan fingerprint density at radius 2 is 2.29 bits per heavy atom. The second-order valence-electron chi connectivity index (χ2n) is 7.23. The fourth-order valence-electron chi connectivity index (χ4n) is 3.17. The molecule has 24 heavy (non-hydrogen) atoms. The molecule has 0 saturated carbocycles. The Balaban J connectivity index is 1.64. The number of rotatable bonds is 3. The largest absolute Gasteiger partial charge is 0.331 e. The van der Waals surface area contributed by atoms with Gasteiger partial charge in [-0.1, -0.05) is 0 Å². The summed E-state index contributed by atoms with van der Waals surface area (Å²) in [5.41, 5.74) is 1.22. The van der Waals surface area contributed by atoms with Crippen LogP contribution in [0.5, 0.6) is 0 Å². The second-order valence-corrected chi connectivity index (χ2v) is 8.21. The zero-order valence-electron chi connectivity index (χ0n) is 14.5. The molecular weight excluding hydrogens is 322 g/mol. The highest BCUT2D eigenvalue weighted by molar-refractivity contribution is 7.09. The first-order valence-electron chi connectivity index (χ1n) is 8.39. The molecule has 130 valence electrons. The number of amides is 2. The van der Waals surface area contributed by atoms with Crippen LogP contribution in [0.2, 0.25) is 0 Å². The molecular formula is C17H25N5OS.